The Morgan fingerprint density at radius 2 is 2.33 bits per heavy atom. The number of hydrogen-bond acceptors (Lipinski definition) is 3. The highest BCUT2D eigenvalue weighted by Gasteiger charge is 2.15. The highest BCUT2D eigenvalue weighted by atomic mass is 19.1. The summed E-state index contributed by atoms with van der Waals surface area (Å²) in [6.45, 7) is 1.75. The summed E-state index contributed by atoms with van der Waals surface area (Å²) in [5.41, 5.74) is 0.195. The van der Waals surface area contributed by atoms with Crippen molar-refractivity contribution >= 4 is 11.5 Å². The minimum atomic E-state index is -0.686. The molecule has 0 N–H and O–H groups in total. The van der Waals surface area contributed by atoms with Crippen molar-refractivity contribution in [3.63, 3.8) is 0 Å². The third-order valence-corrected chi connectivity index (χ3v) is 2.24. The molecule has 2 aromatic heterocycles. The first kappa shape index (κ1) is 9.64. The lowest BCUT2D eigenvalue weighted by atomic mass is 10.2. The number of esters is 1. The van der Waals surface area contributed by atoms with Gasteiger partial charge in [-0.3, -0.25) is 0 Å². The molecule has 0 radical (unpaired) electrons. The number of fused-ring (bicyclic) bond motifs is 1. The Morgan fingerprint density at radius 3 is 3.00 bits per heavy atom. The van der Waals surface area contributed by atoms with Crippen molar-refractivity contribution in [3.8, 4) is 0 Å². The number of carbonyl (C=O) groups excluding carboxylic acids is 1. The fourth-order valence-electron chi connectivity index (χ4n) is 1.43. The normalized spacial score (nSPS) is 10.6. The van der Waals surface area contributed by atoms with Crippen LogP contribution in [0.25, 0.3) is 5.52 Å². The molecule has 0 bridgehead atoms. The molecule has 0 aliphatic heterocycles. The van der Waals surface area contributed by atoms with Crippen LogP contribution in [0.5, 0.6) is 0 Å². The molecule has 2 aromatic rings. The van der Waals surface area contributed by atoms with Crippen molar-refractivity contribution in [1.82, 2.24) is 9.38 Å². The molecule has 4 nitrogen and oxygen atoms in total. The number of imidazole rings is 1. The summed E-state index contributed by atoms with van der Waals surface area (Å²) >= 11 is 0. The largest absolute Gasteiger partial charge is 0.465 e. The average molecular weight is 208 g/mol. The number of ether oxygens (including phenoxy) is 1. The highest BCUT2D eigenvalue weighted by Crippen LogP contribution is 2.16. The standard InChI is InChI=1S/C10H9FN2O2/c1-6-12-5-8-9(11)7(10(14)15-2)3-4-13(6)8/h3-5H,1-2H3. The van der Waals surface area contributed by atoms with Gasteiger partial charge in [0, 0.05) is 6.20 Å². The second-order valence-corrected chi connectivity index (χ2v) is 3.10. The van der Waals surface area contributed by atoms with Gasteiger partial charge in [0.15, 0.2) is 5.82 Å². The third kappa shape index (κ3) is 1.36. The van der Waals surface area contributed by atoms with Crippen LogP contribution in [0, 0.1) is 12.7 Å². The summed E-state index contributed by atoms with van der Waals surface area (Å²) in [5.74, 6) is -0.626. The number of halogens is 1. The van der Waals surface area contributed by atoms with Crippen LogP contribution in [0.2, 0.25) is 0 Å². The maximum Gasteiger partial charge on any atom is 0.340 e. The number of aromatic nitrogens is 2. The van der Waals surface area contributed by atoms with Crippen LogP contribution in [0.1, 0.15) is 16.2 Å². The highest BCUT2D eigenvalue weighted by molar-refractivity contribution is 5.91. The van der Waals surface area contributed by atoms with Crippen LogP contribution in [0.3, 0.4) is 0 Å². The van der Waals surface area contributed by atoms with Crippen LogP contribution in [0.4, 0.5) is 4.39 Å². The van der Waals surface area contributed by atoms with Crippen LogP contribution >= 0.6 is 0 Å². The molecule has 5 heteroatoms. The van der Waals surface area contributed by atoms with Crippen LogP contribution in [-0.4, -0.2) is 22.5 Å². The van der Waals surface area contributed by atoms with Gasteiger partial charge in [-0.1, -0.05) is 0 Å². The van der Waals surface area contributed by atoms with Gasteiger partial charge in [0.1, 0.15) is 11.3 Å². The van der Waals surface area contributed by atoms with E-state index in [1.165, 1.54) is 19.4 Å². The molecule has 0 atom stereocenters. The van der Waals surface area contributed by atoms with Gasteiger partial charge >= 0.3 is 5.97 Å². The van der Waals surface area contributed by atoms with Gasteiger partial charge in [0.25, 0.3) is 0 Å². The Hall–Kier alpha value is -1.91. The summed E-state index contributed by atoms with van der Waals surface area (Å²) in [4.78, 5) is 15.1. The van der Waals surface area contributed by atoms with E-state index in [9.17, 15) is 9.18 Å². The van der Waals surface area contributed by atoms with E-state index < -0.39 is 11.8 Å². The van der Waals surface area contributed by atoms with E-state index in [1.807, 2.05) is 0 Å². The SMILES string of the molecule is COC(=O)c1ccn2c(C)ncc2c1F. The summed E-state index contributed by atoms with van der Waals surface area (Å²) < 4.78 is 19.8. The first-order valence-corrected chi connectivity index (χ1v) is 4.35. The van der Waals surface area contributed by atoms with E-state index in [1.54, 1.807) is 17.5 Å². The Kier molecular flexibility index (Phi) is 2.15. The molecular weight excluding hydrogens is 199 g/mol. The number of methoxy groups -OCH3 is 1. The smallest absolute Gasteiger partial charge is 0.340 e. The van der Waals surface area contributed by atoms with Gasteiger partial charge in [-0.25, -0.2) is 14.2 Å². The number of nitrogens with zero attached hydrogens (tertiary/aromatic N) is 2. The van der Waals surface area contributed by atoms with E-state index in [2.05, 4.69) is 9.72 Å². The van der Waals surface area contributed by atoms with E-state index in [-0.39, 0.29) is 11.1 Å². The van der Waals surface area contributed by atoms with Crippen molar-refractivity contribution < 1.29 is 13.9 Å². The second kappa shape index (κ2) is 3.34. The quantitative estimate of drug-likeness (QED) is 0.668. The number of rotatable bonds is 1. The molecule has 0 unspecified atom stereocenters. The van der Waals surface area contributed by atoms with Gasteiger partial charge in [-0.2, -0.15) is 0 Å². The zero-order valence-corrected chi connectivity index (χ0v) is 8.32. The fraction of sp³-hybridized carbons (Fsp3) is 0.200. The maximum absolute atomic E-state index is 13.8. The van der Waals surface area contributed by atoms with Gasteiger partial charge in [-0.15, -0.1) is 0 Å². The fourth-order valence-corrected chi connectivity index (χ4v) is 1.43. The molecule has 0 aromatic carbocycles. The molecule has 78 valence electrons. The number of hydrogen-bond donors (Lipinski definition) is 0. The van der Waals surface area contributed by atoms with E-state index >= 15 is 0 Å². The second-order valence-electron chi connectivity index (χ2n) is 3.10. The minimum absolute atomic E-state index is 0.0788. The molecule has 0 fully saturated rings. The molecule has 0 aliphatic carbocycles. The Bertz CT molecular complexity index is 533. The Morgan fingerprint density at radius 1 is 1.60 bits per heavy atom. The Balaban J connectivity index is 2.71. The molecule has 0 saturated carbocycles. The molecule has 0 spiro atoms. The maximum atomic E-state index is 13.8. The summed E-state index contributed by atoms with van der Waals surface area (Å²) in [5, 5.41) is 0. The zero-order valence-electron chi connectivity index (χ0n) is 8.32. The van der Waals surface area contributed by atoms with Crippen LogP contribution < -0.4 is 0 Å². The molecule has 0 aliphatic rings. The lowest BCUT2D eigenvalue weighted by Gasteiger charge is -2.03. The number of carbonyl (C=O) groups is 1. The summed E-state index contributed by atoms with van der Waals surface area (Å²) in [7, 11) is 1.22. The van der Waals surface area contributed by atoms with Crippen LogP contribution in [0.15, 0.2) is 18.5 Å². The number of pyridine rings is 1. The van der Waals surface area contributed by atoms with Crippen molar-refractivity contribution in [2.24, 2.45) is 0 Å². The van der Waals surface area contributed by atoms with E-state index in [0.29, 0.717) is 5.82 Å². The third-order valence-electron chi connectivity index (χ3n) is 2.24. The average Bonchev–Trinajstić information content (AvgIpc) is 2.61. The topological polar surface area (TPSA) is 43.6 Å². The van der Waals surface area contributed by atoms with Gasteiger partial charge in [0.2, 0.25) is 0 Å². The molecular formula is C10H9FN2O2. The lowest BCUT2D eigenvalue weighted by Crippen LogP contribution is -2.06. The van der Waals surface area contributed by atoms with Crippen molar-refractivity contribution in [2.45, 2.75) is 6.92 Å². The monoisotopic (exact) mass is 208 g/mol. The molecule has 0 saturated heterocycles. The first-order chi connectivity index (χ1) is 7.15. The molecule has 15 heavy (non-hydrogen) atoms. The zero-order chi connectivity index (χ0) is 11.0. The molecule has 2 rings (SSSR count). The summed E-state index contributed by atoms with van der Waals surface area (Å²) in [6.07, 6.45) is 2.98. The van der Waals surface area contributed by atoms with Crippen molar-refractivity contribution in [1.29, 1.82) is 0 Å². The molecule has 2 heterocycles. The minimum Gasteiger partial charge on any atom is -0.465 e. The lowest BCUT2D eigenvalue weighted by molar-refractivity contribution is 0.0595. The van der Waals surface area contributed by atoms with E-state index in [0.717, 1.165) is 0 Å². The van der Waals surface area contributed by atoms with Gasteiger partial charge < -0.3 is 9.14 Å². The number of aryl methyl sites for hydroxylation is 1. The Labute approximate surface area is 85.3 Å². The van der Waals surface area contributed by atoms with Crippen molar-refractivity contribution in [3.05, 3.63) is 35.7 Å². The van der Waals surface area contributed by atoms with Gasteiger partial charge in [-0.05, 0) is 13.0 Å². The summed E-state index contributed by atoms with van der Waals surface area (Å²) in [6, 6.07) is 1.38. The predicted octanol–water partition coefficient (Wildman–Crippen LogP) is 1.57. The molecule has 0 amide bonds. The first-order valence-electron chi connectivity index (χ1n) is 4.35. The van der Waals surface area contributed by atoms with Crippen LogP contribution in [-0.2, 0) is 4.74 Å². The van der Waals surface area contributed by atoms with E-state index in [4.69, 9.17) is 0 Å². The van der Waals surface area contributed by atoms with Crippen molar-refractivity contribution in [2.75, 3.05) is 7.11 Å². The van der Waals surface area contributed by atoms with Gasteiger partial charge in [0.05, 0.1) is 18.9 Å². The predicted molar refractivity (Wildman–Crippen MR) is 51.2 cm³/mol.